The van der Waals surface area contributed by atoms with Crippen LogP contribution in [0, 0.1) is 0 Å². The molecule has 3 N–H and O–H groups in total. The molecule has 0 amide bonds. The molecule has 0 bridgehead atoms. The van der Waals surface area contributed by atoms with E-state index in [0.717, 1.165) is 0 Å². The van der Waals surface area contributed by atoms with E-state index in [1.807, 2.05) is 0 Å². The van der Waals surface area contributed by atoms with Gasteiger partial charge in [0, 0.05) is 17.1 Å². The number of halogens is 1. The summed E-state index contributed by atoms with van der Waals surface area (Å²) in [6, 6.07) is 0. The van der Waals surface area contributed by atoms with Crippen LogP contribution in [-0.4, -0.2) is 59.1 Å². The van der Waals surface area contributed by atoms with Crippen LogP contribution in [0.4, 0.5) is 0 Å². The SMILES string of the molecule is Br.N.[Fe].[NaH].[NaH]. The van der Waals surface area contributed by atoms with E-state index in [-0.39, 0.29) is 99.3 Å². The third kappa shape index (κ3) is 19.5. The van der Waals surface area contributed by atoms with Crippen molar-refractivity contribution in [1.82, 2.24) is 6.15 Å². The van der Waals surface area contributed by atoms with E-state index >= 15 is 0 Å². The molecule has 0 aromatic heterocycles. The van der Waals surface area contributed by atoms with E-state index in [0.29, 0.717) is 0 Å². The Bertz CT molecular complexity index is 9.61. The number of rotatable bonds is 0. The van der Waals surface area contributed by atoms with E-state index in [1.165, 1.54) is 0 Å². The van der Waals surface area contributed by atoms with Gasteiger partial charge >= 0.3 is 59.1 Å². The maximum atomic E-state index is 0. The summed E-state index contributed by atoms with van der Waals surface area (Å²) in [6.07, 6.45) is 0. The van der Waals surface area contributed by atoms with Gasteiger partial charge < -0.3 is 6.15 Å². The van der Waals surface area contributed by atoms with Crippen molar-refractivity contribution in [2.75, 3.05) is 0 Å². The first-order valence-corrected chi connectivity index (χ1v) is 0. The molecule has 0 saturated heterocycles. The van der Waals surface area contributed by atoms with Crippen LogP contribution in [0.1, 0.15) is 0 Å². The van der Waals surface area contributed by atoms with Gasteiger partial charge in [-0.15, -0.1) is 17.0 Å². The zero-order chi connectivity index (χ0) is 0. The summed E-state index contributed by atoms with van der Waals surface area (Å²) in [5.74, 6) is 0. The molecule has 0 aromatic rings. The van der Waals surface area contributed by atoms with Gasteiger partial charge in [-0.25, -0.2) is 0 Å². The Morgan fingerprint density at radius 3 is 0.800 bits per heavy atom. The molecule has 0 spiro atoms. The fraction of sp³-hybridized carbons (Fsp3) is 0. The summed E-state index contributed by atoms with van der Waals surface area (Å²) in [5, 5.41) is 0. The van der Waals surface area contributed by atoms with Gasteiger partial charge in [0.25, 0.3) is 0 Å². The van der Waals surface area contributed by atoms with Crippen molar-refractivity contribution in [2.45, 2.75) is 0 Å². The van der Waals surface area contributed by atoms with Gasteiger partial charge in [-0.2, -0.15) is 0 Å². The summed E-state index contributed by atoms with van der Waals surface area (Å²) >= 11 is 0. The predicted octanol–water partition coefficient (Wildman–Crippen LogP) is -0.560. The second-order valence-electron chi connectivity index (χ2n) is 0. The van der Waals surface area contributed by atoms with Crippen LogP contribution in [0.3, 0.4) is 0 Å². The van der Waals surface area contributed by atoms with Gasteiger partial charge in [0.1, 0.15) is 0 Å². The van der Waals surface area contributed by atoms with Gasteiger partial charge in [-0.3, -0.25) is 0 Å². The van der Waals surface area contributed by atoms with Crippen molar-refractivity contribution in [3.8, 4) is 0 Å². The molecule has 0 aromatic carbocycles. The van der Waals surface area contributed by atoms with Gasteiger partial charge in [-0.1, -0.05) is 0 Å². The Kier molecular flexibility index (Phi) is 248. The normalized spacial score (nSPS) is 0. The second-order valence-corrected chi connectivity index (χ2v) is 0. The molecule has 0 atom stereocenters. The molecule has 0 heterocycles. The van der Waals surface area contributed by atoms with Gasteiger partial charge in [0.15, 0.2) is 0 Å². The van der Waals surface area contributed by atoms with Crippen molar-refractivity contribution in [3.05, 3.63) is 0 Å². The molecule has 0 aliphatic heterocycles. The average Bonchev–Trinajstić information content (AvgIpc) is 0. The Morgan fingerprint density at radius 1 is 0.800 bits per heavy atom. The first-order valence-electron chi connectivity index (χ1n) is 0. The van der Waals surface area contributed by atoms with Crippen LogP contribution >= 0.6 is 17.0 Å². The molecule has 1 nitrogen and oxygen atoms in total. The van der Waals surface area contributed by atoms with E-state index < -0.39 is 0 Å². The van der Waals surface area contributed by atoms with Crippen molar-refractivity contribution in [3.63, 3.8) is 0 Å². The van der Waals surface area contributed by atoms with Crippen molar-refractivity contribution in [2.24, 2.45) is 0 Å². The average molecular weight is 202 g/mol. The van der Waals surface area contributed by atoms with Crippen LogP contribution in [0.25, 0.3) is 0 Å². The Morgan fingerprint density at radius 2 is 0.800 bits per heavy atom. The first-order chi connectivity index (χ1) is 0. The molecular weight excluding hydrogens is 196 g/mol. The van der Waals surface area contributed by atoms with Crippen molar-refractivity contribution >= 4 is 76.1 Å². The quantitative estimate of drug-likeness (QED) is 0.525. The molecule has 0 unspecified atom stereocenters. The molecule has 5 heavy (non-hydrogen) atoms. The molecule has 0 saturated carbocycles. The van der Waals surface area contributed by atoms with Crippen LogP contribution in [0.2, 0.25) is 0 Å². The molecule has 0 aliphatic carbocycles. The van der Waals surface area contributed by atoms with Crippen molar-refractivity contribution in [1.29, 1.82) is 0 Å². The van der Waals surface area contributed by atoms with Gasteiger partial charge in [0.2, 0.25) is 0 Å². The minimum absolute atomic E-state index is 0. The topological polar surface area (TPSA) is 35.0 Å². The molecule has 0 radical (unpaired) electrons. The Labute approximate surface area is 97.4 Å². The Balaban J connectivity index is 0. The number of hydrogen-bond donors (Lipinski definition) is 1. The summed E-state index contributed by atoms with van der Waals surface area (Å²) in [6.45, 7) is 0. The molecule has 0 rings (SSSR count). The fourth-order valence-electron chi connectivity index (χ4n) is 0. The Hall–Kier alpha value is 2.96. The van der Waals surface area contributed by atoms with Crippen LogP contribution in [0.15, 0.2) is 0 Å². The first kappa shape index (κ1) is 44.0. The number of hydrogen-bond acceptors (Lipinski definition) is 1. The zero-order valence-electron chi connectivity index (χ0n) is 1.47. The van der Waals surface area contributed by atoms with Crippen LogP contribution in [-0.2, 0) is 17.1 Å². The van der Waals surface area contributed by atoms with E-state index in [1.54, 1.807) is 0 Å². The van der Waals surface area contributed by atoms with Crippen LogP contribution < -0.4 is 6.15 Å². The third-order valence-electron chi connectivity index (χ3n) is 0. The molecule has 0 fully saturated rings. The van der Waals surface area contributed by atoms with E-state index in [4.69, 9.17) is 0 Å². The van der Waals surface area contributed by atoms with E-state index in [2.05, 4.69) is 0 Å². The second kappa shape index (κ2) is 28.2. The monoisotopic (exact) mass is 201 g/mol. The van der Waals surface area contributed by atoms with E-state index in [9.17, 15) is 0 Å². The zero-order valence-corrected chi connectivity index (χ0v) is 4.29. The molecule has 0 aliphatic rings. The van der Waals surface area contributed by atoms with Gasteiger partial charge in [-0.05, 0) is 0 Å². The third-order valence-corrected chi connectivity index (χ3v) is 0. The summed E-state index contributed by atoms with van der Waals surface area (Å²) in [7, 11) is 0. The molecule has 28 valence electrons. The molecular formula is H6BrFeNNa2. The standard InChI is InChI=1S/BrH.Fe.H3N.2Na.2H/h1H;;1H3;;;;. The molecule has 5 heteroatoms. The summed E-state index contributed by atoms with van der Waals surface area (Å²) in [4.78, 5) is 0. The summed E-state index contributed by atoms with van der Waals surface area (Å²) in [5.41, 5.74) is 0. The fourth-order valence-corrected chi connectivity index (χ4v) is 0. The van der Waals surface area contributed by atoms with Gasteiger partial charge in [0.05, 0.1) is 0 Å². The minimum atomic E-state index is 0. The summed E-state index contributed by atoms with van der Waals surface area (Å²) < 4.78 is 0. The maximum absolute atomic E-state index is 0. The van der Waals surface area contributed by atoms with Crippen molar-refractivity contribution < 1.29 is 17.1 Å². The predicted molar refractivity (Wildman–Crippen MR) is 29.6 cm³/mol. The van der Waals surface area contributed by atoms with Crippen LogP contribution in [0.5, 0.6) is 0 Å².